The third-order valence-electron chi connectivity index (χ3n) is 3.55. The zero-order valence-electron chi connectivity index (χ0n) is 11.3. The van der Waals surface area contributed by atoms with E-state index in [9.17, 15) is 5.11 Å². The lowest BCUT2D eigenvalue weighted by atomic mass is 9.90. The molecule has 2 heterocycles. The molecule has 6 heteroatoms. The van der Waals surface area contributed by atoms with Crippen LogP contribution in [0.4, 0.5) is 0 Å². The minimum atomic E-state index is -0.118. The molecule has 1 aromatic heterocycles. The predicted molar refractivity (Wildman–Crippen MR) is 77.2 cm³/mol. The molecular weight excluding hydrogens is 274 g/mol. The van der Waals surface area contributed by atoms with Crippen molar-refractivity contribution in [1.82, 2.24) is 14.8 Å². The Labute approximate surface area is 122 Å². The fraction of sp³-hybridized carbons (Fsp3) is 0.429. The van der Waals surface area contributed by atoms with Gasteiger partial charge in [-0.1, -0.05) is 30.0 Å². The maximum Gasteiger partial charge on any atom is 0.195 e. The first-order valence-corrected chi connectivity index (χ1v) is 7.50. The van der Waals surface area contributed by atoms with Crippen LogP contribution in [-0.2, 0) is 4.74 Å². The lowest BCUT2D eigenvalue weighted by molar-refractivity contribution is -0.121. The van der Waals surface area contributed by atoms with E-state index in [1.807, 2.05) is 16.7 Å². The molecule has 0 aliphatic carbocycles. The van der Waals surface area contributed by atoms with Crippen LogP contribution in [0.5, 0.6) is 0 Å². The molecule has 0 saturated carbocycles. The third-order valence-corrected chi connectivity index (χ3v) is 4.84. The molecule has 2 aromatic rings. The van der Waals surface area contributed by atoms with E-state index in [0.717, 1.165) is 16.6 Å². The average Bonchev–Trinajstić information content (AvgIpc) is 2.87. The van der Waals surface area contributed by atoms with Gasteiger partial charge in [0, 0.05) is 11.2 Å². The minimum absolute atomic E-state index is 0.118. The van der Waals surface area contributed by atoms with Gasteiger partial charge in [0.05, 0.1) is 25.5 Å². The van der Waals surface area contributed by atoms with Crippen LogP contribution in [0, 0.1) is 12.3 Å². The number of rotatable bonds is 5. The van der Waals surface area contributed by atoms with E-state index in [1.54, 1.807) is 18.1 Å². The van der Waals surface area contributed by atoms with Gasteiger partial charge in [-0.2, -0.15) is 0 Å². The van der Waals surface area contributed by atoms with Gasteiger partial charge in [-0.25, -0.2) is 0 Å². The van der Waals surface area contributed by atoms with Gasteiger partial charge in [-0.3, -0.25) is 4.57 Å². The zero-order chi connectivity index (χ0) is 14.0. The Morgan fingerprint density at radius 1 is 1.40 bits per heavy atom. The maximum atomic E-state index is 9.46. The summed E-state index contributed by atoms with van der Waals surface area (Å²) in [6.45, 7) is 3.46. The molecule has 20 heavy (non-hydrogen) atoms. The molecule has 1 saturated heterocycles. The summed E-state index contributed by atoms with van der Waals surface area (Å²) < 4.78 is 7.21. The average molecular weight is 291 g/mol. The second kappa shape index (κ2) is 5.55. The summed E-state index contributed by atoms with van der Waals surface area (Å²) in [5.41, 5.74) is 2.15. The largest absolute Gasteiger partial charge is 0.396 e. The Morgan fingerprint density at radius 3 is 2.85 bits per heavy atom. The SMILES string of the molecule is Cc1ccccc1-n1cnnc1SCC1(CO)COC1. The Kier molecular flexibility index (Phi) is 3.78. The number of hydrogen-bond donors (Lipinski definition) is 1. The lowest BCUT2D eigenvalue weighted by Crippen LogP contribution is -2.47. The number of para-hydroxylation sites is 1. The molecule has 0 radical (unpaired) electrons. The molecule has 0 bridgehead atoms. The van der Waals surface area contributed by atoms with Gasteiger partial charge in [0.2, 0.25) is 0 Å². The second-order valence-electron chi connectivity index (χ2n) is 5.21. The Morgan fingerprint density at radius 2 is 2.20 bits per heavy atom. The van der Waals surface area contributed by atoms with E-state index in [1.165, 1.54) is 5.56 Å². The van der Waals surface area contributed by atoms with Gasteiger partial charge in [0.1, 0.15) is 6.33 Å². The van der Waals surface area contributed by atoms with Gasteiger partial charge >= 0.3 is 0 Å². The molecule has 5 nitrogen and oxygen atoms in total. The smallest absolute Gasteiger partial charge is 0.195 e. The number of ether oxygens (including phenoxy) is 1. The molecule has 106 valence electrons. The van der Waals surface area contributed by atoms with E-state index >= 15 is 0 Å². The van der Waals surface area contributed by atoms with Crippen molar-refractivity contribution < 1.29 is 9.84 Å². The summed E-state index contributed by atoms with van der Waals surface area (Å²) >= 11 is 1.61. The predicted octanol–water partition coefficient (Wildman–Crippen LogP) is 1.68. The normalized spacial score (nSPS) is 16.9. The summed E-state index contributed by atoms with van der Waals surface area (Å²) in [6.07, 6.45) is 1.73. The molecule has 1 fully saturated rings. The first kappa shape index (κ1) is 13.6. The van der Waals surface area contributed by atoms with E-state index in [-0.39, 0.29) is 12.0 Å². The fourth-order valence-corrected chi connectivity index (χ4v) is 3.23. The van der Waals surface area contributed by atoms with Crippen molar-refractivity contribution in [2.24, 2.45) is 5.41 Å². The van der Waals surface area contributed by atoms with Crippen molar-refractivity contribution in [1.29, 1.82) is 0 Å². The number of aliphatic hydroxyl groups is 1. The van der Waals surface area contributed by atoms with Gasteiger partial charge < -0.3 is 9.84 Å². The second-order valence-corrected chi connectivity index (χ2v) is 6.15. The molecule has 0 amide bonds. The highest BCUT2D eigenvalue weighted by Crippen LogP contribution is 2.34. The van der Waals surface area contributed by atoms with Gasteiger partial charge in [-0.05, 0) is 18.6 Å². The maximum absolute atomic E-state index is 9.46. The van der Waals surface area contributed by atoms with Gasteiger partial charge in [0.15, 0.2) is 5.16 Å². The van der Waals surface area contributed by atoms with E-state index in [0.29, 0.717) is 13.2 Å². The van der Waals surface area contributed by atoms with Crippen molar-refractivity contribution in [3.05, 3.63) is 36.2 Å². The van der Waals surface area contributed by atoms with Crippen molar-refractivity contribution in [3.8, 4) is 5.69 Å². The number of thioether (sulfide) groups is 1. The van der Waals surface area contributed by atoms with Crippen LogP contribution in [0.1, 0.15) is 5.56 Å². The highest BCUT2D eigenvalue weighted by molar-refractivity contribution is 7.99. The summed E-state index contributed by atoms with van der Waals surface area (Å²) in [5, 5.41) is 18.5. The topological polar surface area (TPSA) is 60.2 Å². The summed E-state index contributed by atoms with van der Waals surface area (Å²) in [4.78, 5) is 0. The molecule has 3 rings (SSSR count). The van der Waals surface area contributed by atoms with Crippen molar-refractivity contribution >= 4 is 11.8 Å². The Bertz CT molecular complexity index is 590. The van der Waals surface area contributed by atoms with Crippen LogP contribution in [0.2, 0.25) is 0 Å². The molecule has 0 unspecified atom stereocenters. The fourth-order valence-electron chi connectivity index (χ4n) is 2.15. The zero-order valence-corrected chi connectivity index (χ0v) is 12.1. The third kappa shape index (κ3) is 2.46. The summed E-state index contributed by atoms with van der Waals surface area (Å²) in [6, 6.07) is 8.14. The van der Waals surface area contributed by atoms with E-state index in [2.05, 4.69) is 29.3 Å². The number of aryl methyl sites for hydroxylation is 1. The number of aliphatic hydroxyl groups excluding tert-OH is 1. The van der Waals surface area contributed by atoms with Crippen molar-refractivity contribution in [2.45, 2.75) is 12.1 Å². The van der Waals surface area contributed by atoms with Crippen molar-refractivity contribution in [2.75, 3.05) is 25.6 Å². The monoisotopic (exact) mass is 291 g/mol. The van der Waals surface area contributed by atoms with Crippen molar-refractivity contribution in [3.63, 3.8) is 0 Å². The molecule has 0 spiro atoms. The standard InChI is InChI=1S/C14H17N3O2S/c1-11-4-2-3-5-12(11)17-10-15-16-13(17)20-9-14(6-18)7-19-8-14/h2-5,10,18H,6-9H2,1H3. The molecule has 1 aliphatic rings. The van der Waals surface area contributed by atoms with Gasteiger partial charge in [0.25, 0.3) is 0 Å². The first-order valence-electron chi connectivity index (χ1n) is 6.52. The van der Waals surface area contributed by atoms with Crippen LogP contribution in [0.3, 0.4) is 0 Å². The lowest BCUT2D eigenvalue weighted by Gasteiger charge is -2.39. The molecule has 1 aliphatic heterocycles. The van der Waals surface area contributed by atoms with Crippen LogP contribution >= 0.6 is 11.8 Å². The Balaban J connectivity index is 1.79. The Hall–Kier alpha value is -1.37. The van der Waals surface area contributed by atoms with Crippen LogP contribution in [0.25, 0.3) is 5.69 Å². The molecular formula is C14H17N3O2S. The first-order chi connectivity index (χ1) is 9.74. The minimum Gasteiger partial charge on any atom is -0.396 e. The molecule has 0 atom stereocenters. The van der Waals surface area contributed by atoms with E-state index in [4.69, 9.17) is 4.74 Å². The number of hydrogen-bond acceptors (Lipinski definition) is 5. The molecule has 1 aromatic carbocycles. The number of benzene rings is 1. The van der Waals surface area contributed by atoms with Crippen LogP contribution < -0.4 is 0 Å². The van der Waals surface area contributed by atoms with E-state index < -0.39 is 0 Å². The van der Waals surface area contributed by atoms with Crippen LogP contribution in [0.15, 0.2) is 35.7 Å². The van der Waals surface area contributed by atoms with Crippen LogP contribution in [-0.4, -0.2) is 45.4 Å². The summed E-state index contributed by atoms with van der Waals surface area (Å²) in [7, 11) is 0. The number of nitrogens with zero attached hydrogens (tertiary/aromatic N) is 3. The highest BCUT2D eigenvalue weighted by Gasteiger charge is 2.38. The quantitative estimate of drug-likeness (QED) is 0.849. The summed E-state index contributed by atoms with van der Waals surface area (Å²) in [5.74, 6) is 0.786. The van der Waals surface area contributed by atoms with Gasteiger partial charge in [-0.15, -0.1) is 10.2 Å². The number of aromatic nitrogens is 3. The highest BCUT2D eigenvalue weighted by atomic mass is 32.2. The molecule has 1 N–H and O–H groups in total.